The van der Waals surface area contributed by atoms with Gasteiger partial charge in [-0.2, -0.15) is 0 Å². The average molecular weight is 370 g/mol. The van der Waals surface area contributed by atoms with Crippen molar-refractivity contribution in [3.8, 4) is 0 Å². The van der Waals surface area contributed by atoms with Crippen molar-refractivity contribution in [2.45, 2.75) is 0 Å². The second kappa shape index (κ2) is 7.51. The second-order valence-corrected chi connectivity index (χ2v) is 6.00. The minimum atomic E-state index is -0.497. The van der Waals surface area contributed by atoms with E-state index in [2.05, 4.69) is 0 Å². The molecule has 0 radical (unpaired) electrons. The molecule has 0 aromatic heterocycles. The summed E-state index contributed by atoms with van der Waals surface area (Å²) in [4.78, 5) is 24.6. The number of nitrogens with zero attached hydrogens (tertiary/aromatic N) is 1. The van der Waals surface area contributed by atoms with Crippen LogP contribution in [0, 0.1) is 0 Å². The van der Waals surface area contributed by atoms with Crippen molar-refractivity contribution >= 4 is 50.7 Å². The zero-order valence-electron chi connectivity index (χ0n) is 13.0. The standard InChI is InChI=1S/C20H13Cl2NO2/c21-19(24)14-6-10-17(11-7-14)23(16-4-2-1-3-5-16)18-12-8-15(9-13-18)20(22)25/h1-13H. The van der Waals surface area contributed by atoms with E-state index in [1.54, 1.807) is 24.3 Å². The molecule has 25 heavy (non-hydrogen) atoms. The first kappa shape index (κ1) is 17.2. The Morgan fingerprint density at radius 2 is 0.920 bits per heavy atom. The Morgan fingerprint density at radius 3 is 1.28 bits per heavy atom. The molecule has 3 rings (SSSR count). The van der Waals surface area contributed by atoms with E-state index in [-0.39, 0.29) is 0 Å². The lowest BCUT2D eigenvalue weighted by atomic mass is 10.1. The van der Waals surface area contributed by atoms with Gasteiger partial charge in [0.15, 0.2) is 0 Å². The number of halogens is 2. The van der Waals surface area contributed by atoms with Crippen molar-refractivity contribution in [2.24, 2.45) is 0 Å². The van der Waals surface area contributed by atoms with Crippen LogP contribution in [0.3, 0.4) is 0 Å². The minimum absolute atomic E-state index is 0.432. The highest BCUT2D eigenvalue weighted by molar-refractivity contribution is 6.68. The van der Waals surface area contributed by atoms with Gasteiger partial charge in [-0.3, -0.25) is 9.59 Å². The highest BCUT2D eigenvalue weighted by Gasteiger charge is 2.13. The van der Waals surface area contributed by atoms with Gasteiger partial charge in [0, 0.05) is 28.2 Å². The van der Waals surface area contributed by atoms with Gasteiger partial charge in [-0.25, -0.2) is 0 Å². The van der Waals surface area contributed by atoms with Crippen LogP contribution in [0.5, 0.6) is 0 Å². The van der Waals surface area contributed by atoms with E-state index in [9.17, 15) is 9.59 Å². The highest BCUT2D eigenvalue weighted by atomic mass is 35.5. The van der Waals surface area contributed by atoms with Crippen LogP contribution in [0.2, 0.25) is 0 Å². The predicted octanol–water partition coefficient (Wildman–Crippen LogP) is 5.91. The summed E-state index contributed by atoms with van der Waals surface area (Å²) in [7, 11) is 0. The molecule has 0 atom stereocenters. The lowest BCUT2D eigenvalue weighted by molar-refractivity contribution is 0.107. The van der Waals surface area contributed by atoms with Gasteiger partial charge in [0.05, 0.1) is 0 Å². The molecule has 0 aliphatic rings. The Balaban J connectivity index is 2.07. The smallest absolute Gasteiger partial charge is 0.252 e. The lowest BCUT2D eigenvalue weighted by Crippen LogP contribution is -2.10. The van der Waals surface area contributed by atoms with Gasteiger partial charge in [-0.1, -0.05) is 18.2 Å². The molecule has 0 saturated heterocycles. The summed E-state index contributed by atoms with van der Waals surface area (Å²) in [6.45, 7) is 0. The summed E-state index contributed by atoms with van der Waals surface area (Å²) >= 11 is 11.0. The quantitative estimate of drug-likeness (QED) is 0.524. The summed E-state index contributed by atoms with van der Waals surface area (Å²) in [6, 6.07) is 23.8. The van der Waals surface area contributed by atoms with Crippen LogP contribution in [0.4, 0.5) is 17.1 Å². The van der Waals surface area contributed by atoms with Gasteiger partial charge < -0.3 is 4.90 Å². The van der Waals surface area contributed by atoms with E-state index in [4.69, 9.17) is 23.2 Å². The van der Waals surface area contributed by atoms with Crippen LogP contribution in [-0.4, -0.2) is 10.5 Å². The number of rotatable bonds is 5. The molecule has 0 N–H and O–H groups in total. The Kier molecular flexibility index (Phi) is 5.17. The van der Waals surface area contributed by atoms with Crippen LogP contribution in [0.1, 0.15) is 20.7 Å². The molecular formula is C20H13Cl2NO2. The molecule has 0 heterocycles. The van der Waals surface area contributed by atoms with E-state index >= 15 is 0 Å². The molecule has 0 bridgehead atoms. The third-order valence-corrected chi connectivity index (χ3v) is 4.16. The van der Waals surface area contributed by atoms with E-state index in [0.717, 1.165) is 17.1 Å². The number of hydrogen-bond donors (Lipinski definition) is 0. The van der Waals surface area contributed by atoms with Crippen molar-refractivity contribution < 1.29 is 9.59 Å². The van der Waals surface area contributed by atoms with Crippen molar-refractivity contribution in [3.05, 3.63) is 90.0 Å². The van der Waals surface area contributed by atoms with Crippen LogP contribution in [0.25, 0.3) is 0 Å². The SMILES string of the molecule is O=C(Cl)c1ccc(N(c2ccccc2)c2ccc(C(=O)Cl)cc2)cc1. The Morgan fingerprint density at radius 1 is 0.560 bits per heavy atom. The molecule has 0 aliphatic heterocycles. The molecule has 0 saturated carbocycles. The maximum Gasteiger partial charge on any atom is 0.252 e. The van der Waals surface area contributed by atoms with Crippen molar-refractivity contribution in [1.82, 2.24) is 0 Å². The summed E-state index contributed by atoms with van der Waals surface area (Å²) in [5.74, 6) is 0. The largest absolute Gasteiger partial charge is 0.311 e. The van der Waals surface area contributed by atoms with Crippen LogP contribution < -0.4 is 4.90 Å². The zero-order chi connectivity index (χ0) is 17.8. The third kappa shape index (κ3) is 3.90. The summed E-state index contributed by atoms with van der Waals surface area (Å²) in [5.41, 5.74) is 3.52. The molecule has 0 aliphatic carbocycles. The number of carbonyl (C=O) groups is 2. The number of benzene rings is 3. The van der Waals surface area contributed by atoms with E-state index < -0.39 is 10.5 Å². The molecule has 3 aromatic rings. The molecular weight excluding hydrogens is 357 g/mol. The minimum Gasteiger partial charge on any atom is -0.311 e. The van der Waals surface area contributed by atoms with Crippen LogP contribution in [-0.2, 0) is 0 Å². The monoisotopic (exact) mass is 369 g/mol. The molecule has 124 valence electrons. The molecule has 0 fully saturated rings. The third-order valence-electron chi connectivity index (χ3n) is 3.72. The van der Waals surface area contributed by atoms with E-state index in [1.807, 2.05) is 59.5 Å². The molecule has 5 heteroatoms. The van der Waals surface area contributed by atoms with Crippen LogP contribution in [0.15, 0.2) is 78.9 Å². The summed E-state index contributed by atoms with van der Waals surface area (Å²) < 4.78 is 0. The normalized spacial score (nSPS) is 10.3. The van der Waals surface area contributed by atoms with Crippen molar-refractivity contribution in [1.29, 1.82) is 0 Å². The number of hydrogen-bond acceptors (Lipinski definition) is 3. The zero-order valence-corrected chi connectivity index (χ0v) is 14.5. The number of anilines is 3. The summed E-state index contributed by atoms with van der Waals surface area (Å²) in [5, 5.41) is -0.995. The Bertz CT molecular complexity index is 834. The Labute approximate surface area is 155 Å². The molecule has 3 nitrogen and oxygen atoms in total. The summed E-state index contributed by atoms with van der Waals surface area (Å²) in [6.07, 6.45) is 0. The fourth-order valence-electron chi connectivity index (χ4n) is 2.51. The average Bonchev–Trinajstić information content (AvgIpc) is 2.64. The number of carbonyl (C=O) groups excluding carboxylic acids is 2. The first-order valence-corrected chi connectivity index (χ1v) is 8.27. The maximum atomic E-state index is 11.3. The van der Waals surface area contributed by atoms with Gasteiger partial charge in [0.25, 0.3) is 10.5 Å². The fraction of sp³-hybridized carbons (Fsp3) is 0. The fourth-order valence-corrected chi connectivity index (χ4v) is 2.76. The van der Waals surface area contributed by atoms with E-state index in [0.29, 0.717) is 11.1 Å². The van der Waals surface area contributed by atoms with Crippen LogP contribution >= 0.6 is 23.2 Å². The lowest BCUT2D eigenvalue weighted by Gasteiger charge is -2.25. The van der Waals surface area contributed by atoms with Gasteiger partial charge >= 0.3 is 0 Å². The molecule has 0 spiro atoms. The Hall–Kier alpha value is -2.62. The van der Waals surface area contributed by atoms with Gasteiger partial charge in [-0.15, -0.1) is 0 Å². The maximum absolute atomic E-state index is 11.3. The predicted molar refractivity (Wildman–Crippen MR) is 101 cm³/mol. The first-order valence-electron chi connectivity index (χ1n) is 7.51. The first-order chi connectivity index (χ1) is 12.1. The topological polar surface area (TPSA) is 37.4 Å². The van der Waals surface area contributed by atoms with Gasteiger partial charge in [-0.05, 0) is 83.9 Å². The van der Waals surface area contributed by atoms with Crippen molar-refractivity contribution in [3.63, 3.8) is 0 Å². The number of para-hydroxylation sites is 1. The highest BCUT2D eigenvalue weighted by Crippen LogP contribution is 2.34. The molecule has 0 unspecified atom stereocenters. The van der Waals surface area contributed by atoms with Crippen molar-refractivity contribution in [2.75, 3.05) is 4.90 Å². The molecule has 0 amide bonds. The van der Waals surface area contributed by atoms with Gasteiger partial charge in [0.2, 0.25) is 0 Å². The van der Waals surface area contributed by atoms with Gasteiger partial charge in [0.1, 0.15) is 0 Å². The second-order valence-electron chi connectivity index (χ2n) is 5.31. The molecule has 3 aromatic carbocycles. The van der Waals surface area contributed by atoms with E-state index in [1.165, 1.54) is 0 Å².